The minimum Gasteiger partial charge on any atom is -0.455 e. The summed E-state index contributed by atoms with van der Waals surface area (Å²) in [5.41, 5.74) is 26.5. The summed E-state index contributed by atoms with van der Waals surface area (Å²) >= 11 is 3.78. The van der Waals surface area contributed by atoms with Gasteiger partial charge in [-0.2, -0.15) is 0 Å². The highest BCUT2D eigenvalue weighted by atomic mass is 32.1. The van der Waals surface area contributed by atoms with Crippen LogP contribution in [0.2, 0.25) is 0 Å². The molecule has 4 heterocycles. The Kier molecular flexibility index (Phi) is 18.0. The van der Waals surface area contributed by atoms with E-state index in [2.05, 4.69) is 471 Å². The largest absolute Gasteiger partial charge is 0.455 e. The van der Waals surface area contributed by atoms with E-state index in [-0.39, 0.29) is 0 Å². The average molecular weight is 1670 g/mol. The fourth-order valence-electron chi connectivity index (χ4n) is 19.6. The Labute approximate surface area is 746 Å². The zero-order chi connectivity index (χ0) is 84.3. The second-order valence-electron chi connectivity index (χ2n) is 33.2. The lowest BCUT2D eigenvalue weighted by molar-refractivity contribution is 0.671. The molecule has 128 heavy (non-hydrogen) atoms. The number of furan rings is 2. The van der Waals surface area contributed by atoms with Crippen LogP contribution in [0.5, 0.6) is 0 Å². The molecule has 0 N–H and O–H groups in total. The molecule has 598 valence electrons. The lowest BCUT2D eigenvalue weighted by atomic mass is 9.95. The molecule has 0 bridgehead atoms. The molecule has 0 aliphatic rings. The summed E-state index contributed by atoms with van der Waals surface area (Å²) in [4.78, 5) is 4.87. The molecule has 0 saturated heterocycles. The minimum absolute atomic E-state index is 0.882. The average Bonchev–Trinajstić information content (AvgIpc) is 1.52. The summed E-state index contributed by atoms with van der Waals surface area (Å²) in [6, 6.07) is 167. The Bertz CT molecular complexity index is 8850. The van der Waals surface area contributed by atoms with Gasteiger partial charge in [-0.3, -0.25) is 0 Å². The molecule has 0 aliphatic carbocycles. The van der Waals surface area contributed by atoms with Crippen LogP contribution in [0.25, 0.3) is 216 Å². The van der Waals surface area contributed by atoms with Crippen LogP contribution in [0.1, 0.15) is 0 Å². The Morgan fingerprint density at radius 1 is 0.164 bits per heavy atom. The van der Waals surface area contributed by atoms with Crippen molar-refractivity contribution in [2.75, 3.05) is 9.80 Å². The molecule has 0 unspecified atom stereocenters. The topological polar surface area (TPSA) is 32.8 Å². The second-order valence-corrected chi connectivity index (χ2v) is 35.3. The summed E-state index contributed by atoms with van der Waals surface area (Å²) in [6.45, 7) is 0. The molecule has 0 atom stereocenters. The fraction of sp³-hybridized carbons (Fsp3) is 0. The van der Waals surface area contributed by atoms with E-state index >= 15 is 0 Å². The molecular formula is C122H76N2O2S2. The molecule has 4 nitrogen and oxygen atoms in total. The van der Waals surface area contributed by atoms with Crippen molar-refractivity contribution in [3.63, 3.8) is 0 Å². The summed E-state index contributed by atoms with van der Waals surface area (Å²) in [5, 5.41) is 21.8. The summed E-state index contributed by atoms with van der Waals surface area (Å²) in [5.74, 6) is 0. The first-order valence-corrected chi connectivity index (χ1v) is 45.3. The summed E-state index contributed by atoms with van der Waals surface area (Å²) < 4.78 is 19.0. The van der Waals surface area contributed by atoms with Gasteiger partial charge in [0.2, 0.25) is 0 Å². The van der Waals surface area contributed by atoms with Gasteiger partial charge in [-0.25, -0.2) is 0 Å². The van der Waals surface area contributed by atoms with Crippen LogP contribution in [0.4, 0.5) is 34.1 Å². The zero-order valence-corrected chi connectivity index (χ0v) is 71.0. The van der Waals surface area contributed by atoms with Gasteiger partial charge < -0.3 is 18.6 Å². The van der Waals surface area contributed by atoms with Gasteiger partial charge in [-0.05, 0) is 183 Å². The van der Waals surface area contributed by atoms with Crippen molar-refractivity contribution in [3.05, 3.63) is 461 Å². The lowest BCUT2D eigenvalue weighted by Gasteiger charge is -2.29. The Hall–Kier alpha value is -16.2. The van der Waals surface area contributed by atoms with Gasteiger partial charge in [0.1, 0.15) is 22.3 Å². The van der Waals surface area contributed by atoms with Crippen LogP contribution in [-0.2, 0) is 0 Å². The predicted octanol–water partition coefficient (Wildman–Crippen LogP) is 36.3. The first kappa shape index (κ1) is 74.4. The van der Waals surface area contributed by atoms with Gasteiger partial charge in [0, 0.05) is 108 Å². The van der Waals surface area contributed by atoms with E-state index in [9.17, 15) is 0 Å². The van der Waals surface area contributed by atoms with Crippen molar-refractivity contribution in [1.82, 2.24) is 0 Å². The number of fused-ring (bicyclic) bond motifs is 20. The molecule has 22 aromatic carbocycles. The molecule has 0 aliphatic heterocycles. The van der Waals surface area contributed by atoms with Crippen molar-refractivity contribution in [2.45, 2.75) is 0 Å². The van der Waals surface area contributed by atoms with E-state index in [4.69, 9.17) is 8.83 Å². The van der Waals surface area contributed by atoms with Crippen molar-refractivity contribution < 1.29 is 8.83 Å². The highest BCUT2D eigenvalue weighted by Gasteiger charge is 2.28. The second kappa shape index (κ2) is 30.9. The van der Waals surface area contributed by atoms with E-state index in [1.807, 2.05) is 22.7 Å². The zero-order valence-electron chi connectivity index (χ0n) is 69.4. The van der Waals surface area contributed by atoms with E-state index in [0.717, 1.165) is 128 Å². The highest BCUT2D eigenvalue weighted by Crippen LogP contribution is 2.54. The van der Waals surface area contributed by atoms with Gasteiger partial charge in [0.25, 0.3) is 0 Å². The van der Waals surface area contributed by atoms with E-state index in [0.29, 0.717) is 0 Å². The number of nitrogens with zero attached hydrogens (tertiary/aromatic N) is 2. The number of benzene rings is 22. The standard InChI is InChI=1S/C64H41NOS.C58H35NOS/c1-2-10-42(11-3-1)45-28-35-51(36-29-45)65(53-39-32-47(33-40-53)44-22-26-50(27-23-44)56-16-9-18-60-57-14-6-7-19-61(57)67-64(56)60)52-37-30-46(31-38-52)43-20-24-49(25-21-43)55-15-8-17-58-59-41-34-48-12-4-5-13-54(48)63(59)66-62(55)58;1-2-15-37(16-3-1)45-24-12-25-47-48-26-13-27-49(56(48)60-55(45)47)51-33-40-19-6-7-20-41(40)34-52(51)59(43-30-28-36-14-4-5-18-39(36)32-43)53-35-42-21-9-10-22-44(42)54-50-31-29-38-17-8-11-23-46(38)57(50)61-58(53)54/h1-41H;1-35H. The first-order chi connectivity index (χ1) is 63.4. The van der Waals surface area contributed by atoms with Gasteiger partial charge in [-0.1, -0.05) is 382 Å². The van der Waals surface area contributed by atoms with Crippen LogP contribution < -0.4 is 9.80 Å². The molecule has 0 spiro atoms. The predicted molar refractivity (Wildman–Crippen MR) is 548 cm³/mol. The maximum Gasteiger partial charge on any atom is 0.143 e. The smallest absolute Gasteiger partial charge is 0.143 e. The van der Waals surface area contributed by atoms with Crippen molar-refractivity contribution >= 4 is 195 Å². The Morgan fingerprint density at radius 3 is 1.14 bits per heavy atom. The van der Waals surface area contributed by atoms with Crippen molar-refractivity contribution in [3.8, 4) is 77.9 Å². The molecule has 26 aromatic rings. The van der Waals surface area contributed by atoms with Crippen LogP contribution in [0.15, 0.2) is 470 Å². The normalized spacial score (nSPS) is 11.8. The molecular weight excluding hydrogens is 1590 g/mol. The van der Waals surface area contributed by atoms with Crippen molar-refractivity contribution in [2.24, 2.45) is 0 Å². The maximum absolute atomic E-state index is 7.13. The highest BCUT2D eigenvalue weighted by molar-refractivity contribution is 7.27. The quantitative estimate of drug-likeness (QED) is 0.115. The van der Waals surface area contributed by atoms with Crippen LogP contribution in [0, 0.1) is 0 Å². The third-order valence-electron chi connectivity index (χ3n) is 25.9. The number of rotatable bonds is 13. The lowest BCUT2D eigenvalue weighted by Crippen LogP contribution is -2.12. The first-order valence-electron chi connectivity index (χ1n) is 43.6. The van der Waals surface area contributed by atoms with Crippen LogP contribution >= 0.6 is 22.7 Å². The third-order valence-corrected chi connectivity index (χ3v) is 28.4. The van der Waals surface area contributed by atoms with Gasteiger partial charge >= 0.3 is 0 Å². The van der Waals surface area contributed by atoms with E-state index in [1.165, 1.54) is 122 Å². The number of anilines is 6. The number of hydrogen-bond acceptors (Lipinski definition) is 6. The Balaban J connectivity index is 0.000000139. The van der Waals surface area contributed by atoms with Gasteiger partial charge in [0.15, 0.2) is 0 Å². The molecule has 26 rings (SSSR count). The van der Waals surface area contributed by atoms with E-state index in [1.54, 1.807) is 0 Å². The number of para-hydroxylation sites is 3. The van der Waals surface area contributed by atoms with E-state index < -0.39 is 0 Å². The summed E-state index contributed by atoms with van der Waals surface area (Å²) in [6.07, 6.45) is 0. The van der Waals surface area contributed by atoms with Crippen LogP contribution in [0.3, 0.4) is 0 Å². The molecule has 0 amide bonds. The summed E-state index contributed by atoms with van der Waals surface area (Å²) in [7, 11) is 0. The van der Waals surface area contributed by atoms with Gasteiger partial charge in [-0.15, -0.1) is 22.7 Å². The molecule has 0 radical (unpaired) electrons. The Morgan fingerprint density at radius 2 is 0.539 bits per heavy atom. The molecule has 0 saturated carbocycles. The molecule has 0 fully saturated rings. The SMILES string of the molecule is c1ccc(-c2ccc(N(c3ccc(-c4ccc(-c5cccc6c5oc5c7ccccc7ccc65)cc4)cc3)c3ccc(-c4ccc(-c5cccc6c5sc5ccccc56)cc4)cc3)cc2)cc1.c1ccc(-c2cccc3c2oc2c(-c4cc5ccccc5cc4N(c4ccc5ccccc5c4)c4cc5ccccc5c5c4sc4c6ccccc6ccc45)cccc23)cc1. The van der Waals surface area contributed by atoms with Gasteiger partial charge in [0.05, 0.1) is 16.1 Å². The minimum atomic E-state index is 0.882. The monoisotopic (exact) mass is 1660 g/mol. The van der Waals surface area contributed by atoms with Crippen LogP contribution in [-0.4, -0.2) is 0 Å². The van der Waals surface area contributed by atoms with Crippen molar-refractivity contribution in [1.29, 1.82) is 0 Å². The third kappa shape index (κ3) is 12.8. The molecule has 4 aromatic heterocycles. The molecule has 6 heteroatoms. The number of hydrogen-bond donors (Lipinski definition) is 0. The number of thiophene rings is 2. The maximum atomic E-state index is 7.13. The fourth-order valence-corrected chi connectivity index (χ4v) is 22.2.